The number of amidine groups is 1. The smallest absolute Gasteiger partial charge is 0.338 e. The summed E-state index contributed by atoms with van der Waals surface area (Å²) in [7, 11) is 1.31. The molecular weight excluding hydrogens is 517 g/mol. The second-order valence-corrected chi connectivity index (χ2v) is 11.5. The lowest BCUT2D eigenvalue weighted by atomic mass is 9.95. The highest BCUT2D eigenvalue weighted by Crippen LogP contribution is 2.55. The van der Waals surface area contributed by atoms with E-state index in [1.54, 1.807) is 6.20 Å². The number of aliphatic imine (C=N–C) groups is 1. The van der Waals surface area contributed by atoms with Crippen molar-refractivity contribution < 1.29 is 18.7 Å². The number of esters is 1. The number of hydrogen-bond donors (Lipinski definition) is 2. The molecule has 0 radical (unpaired) electrons. The molecule has 8 nitrogen and oxygen atoms in total. The van der Waals surface area contributed by atoms with Crippen molar-refractivity contribution in [2.75, 3.05) is 20.2 Å². The zero-order valence-electron chi connectivity index (χ0n) is 20.9. The summed E-state index contributed by atoms with van der Waals surface area (Å²) < 4.78 is 19.1. The summed E-state index contributed by atoms with van der Waals surface area (Å²) in [5, 5.41) is 8.99. The van der Waals surface area contributed by atoms with Gasteiger partial charge in [-0.3, -0.25) is 14.7 Å². The Labute approximate surface area is 224 Å². The first-order valence-corrected chi connectivity index (χ1v) is 13.5. The van der Waals surface area contributed by atoms with Crippen LogP contribution >= 0.6 is 22.9 Å². The van der Waals surface area contributed by atoms with Crippen molar-refractivity contribution in [3.8, 4) is 0 Å². The predicted octanol–water partition coefficient (Wildman–Crippen LogP) is 3.83. The zero-order valence-corrected chi connectivity index (χ0v) is 22.5. The number of nitrogens with zero attached hydrogens (tertiary/aromatic N) is 3. The fourth-order valence-corrected chi connectivity index (χ4v) is 6.02. The van der Waals surface area contributed by atoms with E-state index < -0.39 is 17.8 Å². The second-order valence-electron chi connectivity index (χ2n) is 10.2. The molecule has 1 aliphatic carbocycles. The van der Waals surface area contributed by atoms with E-state index in [0.717, 1.165) is 25.8 Å². The van der Waals surface area contributed by atoms with E-state index in [4.69, 9.17) is 21.3 Å². The number of benzene rings is 1. The molecule has 1 amide bonds. The molecular formula is C26H29ClFN5O3S. The van der Waals surface area contributed by atoms with Crippen LogP contribution in [0.15, 0.2) is 46.0 Å². The van der Waals surface area contributed by atoms with Crippen LogP contribution in [0, 0.1) is 11.2 Å². The SMILES string of the molecule is COC(=O)C1=C(CN2CC3(CC3)CC2C(=O)NC(C)C)NC(c2nccs2)=NC1c1ccc(F)cc1Cl. The molecule has 2 fully saturated rings. The Morgan fingerprint density at radius 1 is 1.38 bits per heavy atom. The molecule has 2 N–H and O–H groups in total. The van der Waals surface area contributed by atoms with Gasteiger partial charge in [0.25, 0.3) is 0 Å². The minimum Gasteiger partial charge on any atom is -0.466 e. The minimum atomic E-state index is -0.837. The molecule has 3 aliphatic rings. The Bertz CT molecular complexity index is 1280. The molecule has 1 saturated heterocycles. The lowest BCUT2D eigenvalue weighted by Crippen LogP contribution is -2.48. The molecule has 0 bridgehead atoms. The number of halogens is 2. The maximum Gasteiger partial charge on any atom is 0.338 e. The number of carbonyl (C=O) groups is 2. The van der Waals surface area contributed by atoms with Gasteiger partial charge in [-0.25, -0.2) is 14.2 Å². The summed E-state index contributed by atoms with van der Waals surface area (Å²) in [6.45, 7) is 4.95. The monoisotopic (exact) mass is 545 g/mol. The molecule has 1 saturated carbocycles. The molecule has 2 atom stereocenters. The van der Waals surface area contributed by atoms with Crippen LogP contribution in [0.4, 0.5) is 4.39 Å². The van der Waals surface area contributed by atoms with Gasteiger partial charge in [0.15, 0.2) is 10.8 Å². The number of methoxy groups -OCH3 is 1. The summed E-state index contributed by atoms with van der Waals surface area (Å²) in [5.74, 6) is -0.590. The van der Waals surface area contributed by atoms with Gasteiger partial charge < -0.3 is 15.4 Å². The van der Waals surface area contributed by atoms with Crippen LogP contribution in [0.5, 0.6) is 0 Å². The number of thiazole rings is 1. The number of rotatable bonds is 7. The van der Waals surface area contributed by atoms with Crippen molar-refractivity contribution in [2.45, 2.75) is 51.2 Å². The summed E-state index contributed by atoms with van der Waals surface area (Å²) in [4.78, 5) is 37.6. The molecule has 1 spiro atoms. The lowest BCUT2D eigenvalue weighted by molar-refractivity contribution is -0.136. The van der Waals surface area contributed by atoms with Gasteiger partial charge in [0.2, 0.25) is 5.91 Å². The summed E-state index contributed by atoms with van der Waals surface area (Å²) in [6, 6.07) is 2.90. The van der Waals surface area contributed by atoms with Crippen molar-refractivity contribution in [1.82, 2.24) is 20.5 Å². The fourth-order valence-electron chi connectivity index (χ4n) is 5.16. The Hall–Kier alpha value is -2.82. The van der Waals surface area contributed by atoms with Crippen LogP contribution in [0.3, 0.4) is 0 Å². The van der Waals surface area contributed by atoms with Crippen molar-refractivity contribution >= 4 is 40.6 Å². The number of carbonyl (C=O) groups excluding carboxylic acids is 2. The normalized spacial score (nSPS) is 22.7. The van der Waals surface area contributed by atoms with E-state index >= 15 is 0 Å². The van der Waals surface area contributed by atoms with Gasteiger partial charge in [-0.2, -0.15) is 0 Å². The average molecular weight is 546 g/mol. The van der Waals surface area contributed by atoms with Crippen LogP contribution in [0.1, 0.15) is 49.7 Å². The number of amides is 1. The quantitative estimate of drug-likeness (QED) is 0.513. The first-order valence-electron chi connectivity index (χ1n) is 12.2. The van der Waals surface area contributed by atoms with Crippen molar-refractivity contribution in [3.05, 3.63) is 62.5 Å². The topological polar surface area (TPSA) is 95.9 Å². The third kappa shape index (κ3) is 5.28. The van der Waals surface area contributed by atoms with Crippen molar-refractivity contribution in [2.24, 2.45) is 10.4 Å². The lowest BCUT2D eigenvalue weighted by Gasteiger charge is -2.31. The summed E-state index contributed by atoms with van der Waals surface area (Å²) in [6.07, 6.45) is 4.63. The summed E-state index contributed by atoms with van der Waals surface area (Å²) in [5.41, 5.74) is 1.46. The molecule has 1 aromatic heterocycles. The Kier molecular flexibility index (Phi) is 7.08. The molecule has 2 aromatic rings. The largest absolute Gasteiger partial charge is 0.466 e. The van der Waals surface area contributed by atoms with Crippen molar-refractivity contribution in [3.63, 3.8) is 0 Å². The van der Waals surface area contributed by atoms with Crippen LogP contribution in [0.2, 0.25) is 5.02 Å². The fraction of sp³-hybridized carbons (Fsp3) is 0.462. The maximum absolute atomic E-state index is 13.9. The van der Waals surface area contributed by atoms with Gasteiger partial charge in [0.1, 0.15) is 11.9 Å². The highest BCUT2D eigenvalue weighted by Gasteiger charge is 2.54. The van der Waals surface area contributed by atoms with Crippen LogP contribution < -0.4 is 10.6 Å². The van der Waals surface area contributed by atoms with Gasteiger partial charge in [-0.1, -0.05) is 17.7 Å². The third-order valence-corrected chi connectivity index (χ3v) is 8.19. The standard InChI is InChI=1S/C26H29ClFN5O3S/c1-14(2)30-23(34)19-11-26(6-7-26)13-33(19)12-18-20(25(35)36-3)21(16-5-4-15(28)10-17(16)27)32-22(31-18)24-29-8-9-37-24/h4-5,8-10,14,19,21H,6-7,11-13H2,1-3H3,(H,30,34)(H,31,32). The maximum atomic E-state index is 13.9. The van der Waals surface area contributed by atoms with E-state index in [1.807, 2.05) is 19.2 Å². The molecule has 3 heterocycles. The van der Waals surface area contributed by atoms with Gasteiger partial charge in [0, 0.05) is 47.0 Å². The van der Waals surface area contributed by atoms with Crippen LogP contribution in [-0.4, -0.2) is 59.9 Å². The van der Waals surface area contributed by atoms with Gasteiger partial charge in [0.05, 0.1) is 18.7 Å². The first kappa shape index (κ1) is 25.8. The molecule has 2 unspecified atom stereocenters. The summed E-state index contributed by atoms with van der Waals surface area (Å²) >= 11 is 7.85. The predicted molar refractivity (Wildman–Crippen MR) is 140 cm³/mol. The number of aromatic nitrogens is 1. The van der Waals surface area contributed by atoms with E-state index in [9.17, 15) is 14.0 Å². The second kappa shape index (κ2) is 10.2. The molecule has 5 rings (SSSR count). The van der Waals surface area contributed by atoms with Gasteiger partial charge in [-0.15, -0.1) is 11.3 Å². The average Bonchev–Trinajstić information content (AvgIpc) is 3.23. The number of ether oxygens (including phenoxy) is 1. The highest BCUT2D eigenvalue weighted by molar-refractivity contribution is 7.11. The molecule has 2 aliphatic heterocycles. The third-order valence-electron chi connectivity index (χ3n) is 7.08. The Balaban J connectivity index is 1.57. The molecule has 37 heavy (non-hydrogen) atoms. The van der Waals surface area contributed by atoms with Crippen molar-refractivity contribution in [1.29, 1.82) is 0 Å². The van der Waals surface area contributed by atoms with Crippen LogP contribution in [0.25, 0.3) is 0 Å². The molecule has 1 aromatic carbocycles. The number of likely N-dealkylation sites (tertiary alicyclic amines) is 1. The Morgan fingerprint density at radius 3 is 2.78 bits per heavy atom. The van der Waals surface area contributed by atoms with Gasteiger partial charge in [-0.05, 0) is 50.7 Å². The van der Waals surface area contributed by atoms with E-state index in [-0.39, 0.29) is 34.0 Å². The van der Waals surface area contributed by atoms with Gasteiger partial charge >= 0.3 is 5.97 Å². The number of hydrogen-bond acceptors (Lipinski definition) is 8. The first-order chi connectivity index (χ1) is 17.7. The number of nitrogens with one attached hydrogen (secondary N) is 2. The van der Waals surface area contributed by atoms with Crippen LogP contribution in [-0.2, 0) is 14.3 Å². The highest BCUT2D eigenvalue weighted by atomic mass is 35.5. The zero-order chi connectivity index (χ0) is 26.3. The van der Waals surface area contributed by atoms with E-state index in [2.05, 4.69) is 20.5 Å². The van der Waals surface area contributed by atoms with E-state index in [1.165, 1.54) is 36.6 Å². The Morgan fingerprint density at radius 2 is 2.16 bits per heavy atom. The minimum absolute atomic E-state index is 0.0123. The molecule has 196 valence electrons. The van der Waals surface area contributed by atoms with E-state index in [0.29, 0.717) is 28.6 Å². The molecule has 11 heteroatoms.